The number of aliphatic hydroxyl groups is 1. The lowest BCUT2D eigenvalue weighted by Gasteiger charge is -2.18. The van der Waals surface area contributed by atoms with Gasteiger partial charge in [0.25, 0.3) is 0 Å². The van der Waals surface area contributed by atoms with E-state index in [0.29, 0.717) is 12.2 Å². The van der Waals surface area contributed by atoms with E-state index in [0.717, 1.165) is 18.7 Å². The van der Waals surface area contributed by atoms with Gasteiger partial charge in [0.2, 0.25) is 0 Å². The largest absolute Gasteiger partial charge is 0.394 e. The van der Waals surface area contributed by atoms with Crippen molar-refractivity contribution < 1.29 is 9.84 Å². The lowest BCUT2D eigenvalue weighted by molar-refractivity contribution is 0.103. The van der Waals surface area contributed by atoms with Gasteiger partial charge in [-0.3, -0.25) is 0 Å². The SMILES string of the molecule is CCCCCCCCCCCCCCCCCCOCC(CO)Nc1cccc(C#N)c1. The Bertz CT molecular complexity index is 585. The molecule has 0 fully saturated rings. The van der Waals surface area contributed by atoms with Gasteiger partial charge in [0.05, 0.1) is 30.9 Å². The molecule has 0 radical (unpaired) electrons. The Labute approximate surface area is 197 Å². The molecule has 32 heavy (non-hydrogen) atoms. The minimum Gasteiger partial charge on any atom is -0.394 e. The summed E-state index contributed by atoms with van der Waals surface area (Å²) in [6.07, 6.45) is 21.9. The average molecular weight is 445 g/mol. The number of benzene rings is 1. The number of aliphatic hydroxyl groups excluding tert-OH is 1. The molecular formula is C28H48N2O2. The van der Waals surface area contributed by atoms with E-state index in [9.17, 15) is 5.11 Å². The first-order valence-corrected chi connectivity index (χ1v) is 13.3. The van der Waals surface area contributed by atoms with Crippen LogP contribution in [0.25, 0.3) is 0 Å². The third-order valence-corrected chi connectivity index (χ3v) is 6.04. The number of nitrogens with zero attached hydrogens (tertiary/aromatic N) is 1. The first kappa shape index (κ1) is 28.5. The molecule has 0 saturated heterocycles. The van der Waals surface area contributed by atoms with Crippen molar-refractivity contribution in [3.8, 4) is 6.07 Å². The van der Waals surface area contributed by atoms with Gasteiger partial charge < -0.3 is 15.2 Å². The molecule has 182 valence electrons. The van der Waals surface area contributed by atoms with E-state index in [1.54, 1.807) is 12.1 Å². The second-order valence-electron chi connectivity index (χ2n) is 9.09. The Kier molecular flexibility index (Phi) is 18.9. The zero-order chi connectivity index (χ0) is 23.1. The number of hydrogen-bond acceptors (Lipinski definition) is 4. The maximum absolute atomic E-state index is 9.55. The van der Waals surface area contributed by atoms with Gasteiger partial charge in [-0.15, -0.1) is 0 Å². The van der Waals surface area contributed by atoms with Crippen molar-refractivity contribution in [3.63, 3.8) is 0 Å². The van der Waals surface area contributed by atoms with Crippen molar-refractivity contribution in [1.29, 1.82) is 5.26 Å². The van der Waals surface area contributed by atoms with Crippen LogP contribution in [0, 0.1) is 11.3 Å². The molecule has 0 amide bonds. The highest BCUT2D eigenvalue weighted by molar-refractivity contribution is 5.49. The van der Waals surface area contributed by atoms with Crippen LogP contribution in [-0.4, -0.2) is 31.0 Å². The van der Waals surface area contributed by atoms with E-state index in [1.807, 2.05) is 12.1 Å². The summed E-state index contributed by atoms with van der Waals surface area (Å²) in [5.41, 5.74) is 1.45. The molecule has 1 rings (SSSR count). The molecule has 0 heterocycles. The van der Waals surface area contributed by atoms with Crippen LogP contribution < -0.4 is 5.32 Å². The number of rotatable bonds is 22. The molecule has 0 spiro atoms. The maximum atomic E-state index is 9.55. The predicted molar refractivity (Wildman–Crippen MR) is 136 cm³/mol. The van der Waals surface area contributed by atoms with Gasteiger partial charge in [-0.2, -0.15) is 5.26 Å². The molecule has 2 N–H and O–H groups in total. The number of nitriles is 1. The van der Waals surface area contributed by atoms with E-state index in [1.165, 1.54) is 96.3 Å². The molecule has 0 aliphatic heterocycles. The van der Waals surface area contributed by atoms with Crippen LogP contribution >= 0.6 is 0 Å². The van der Waals surface area contributed by atoms with Crippen LogP contribution in [0.5, 0.6) is 0 Å². The number of anilines is 1. The van der Waals surface area contributed by atoms with E-state index in [-0.39, 0.29) is 12.6 Å². The van der Waals surface area contributed by atoms with Crippen LogP contribution in [0.2, 0.25) is 0 Å². The van der Waals surface area contributed by atoms with E-state index >= 15 is 0 Å². The Morgan fingerprint density at radius 3 is 1.88 bits per heavy atom. The predicted octanol–water partition coefficient (Wildman–Crippen LogP) is 7.61. The van der Waals surface area contributed by atoms with Gasteiger partial charge in [0.15, 0.2) is 0 Å². The topological polar surface area (TPSA) is 65.3 Å². The van der Waals surface area contributed by atoms with Crippen LogP contribution in [0.1, 0.15) is 115 Å². The van der Waals surface area contributed by atoms with Crippen LogP contribution in [0.3, 0.4) is 0 Å². The van der Waals surface area contributed by atoms with Crippen molar-refractivity contribution >= 4 is 5.69 Å². The highest BCUT2D eigenvalue weighted by Gasteiger charge is 2.07. The van der Waals surface area contributed by atoms with Gasteiger partial charge in [0, 0.05) is 12.3 Å². The molecular weight excluding hydrogens is 396 g/mol. The fourth-order valence-corrected chi connectivity index (χ4v) is 4.03. The van der Waals surface area contributed by atoms with Crippen molar-refractivity contribution in [2.75, 3.05) is 25.1 Å². The standard InChI is InChI=1S/C28H48N2O2/c1-2-3-4-5-6-7-8-9-10-11-12-13-14-15-16-17-21-32-25-28(24-31)30-27-20-18-19-26(22-27)23-29/h18-20,22,28,30-31H,2-17,21,24-25H2,1H3. The third-order valence-electron chi connectivity index (χ3n) is 6.04. The smallest absolute Gasteiger partial charge is 0.0992 e. The number of nitrogens with one attached hydrogen (secondary N) is 1. The Balaban J connectivity index is 1.86. The van der Waals surface area contributed by atoms with Crippen molar-refractivity contribution in [2.45, 2.75) is 116 Å². The van der Waals surface area contributed by atoms with Crippen molar-refractivity contribution in [1.82, 2.24) is 0 Å². The first-order valence-electron chi connectivity index (χ1n) is 13.3. The molecule has 0 saturated carbocycles. The Morgan fingerprint density at radius 1 is 0.844 bits per heavy atom. The van der Waals surface area contributed by atoms with E-state index in [4.69, 9.17) is 10.00 Å². The second-order valence-corrected chi connectivity index (χ2v) is 9.09. The van der Waals surface area contributed by atoms with Gasteiger partial charge >= 0.3 is 0 Å². The summed E-state index contributed by atoms with van der Waals surface area (Å²) >= 11 is 0. The number of unbranched alkanes of at least 4 members (excludes halogenated alkanes) is 15. The normalized spacial score (nSPS) is 11.9. The fourth-order valence-electron chi connectivity index (χ4n) is 4.03. The minimum atomic E-state index is -0.148. The molecule has 1 aromatic rings. The van der Waals surface area contributed by atoms with E-state index in [2.05, 4.69) is 18.3 Å². The van der Waals surface area contributed by atoms with Gasteiger partial charge in [-0.05, 0) is 24.6 Å². The Hall–Kier alpha value is -1.57. The molecule has 1 aromatic carbocycles. The highest BCUT2D eigenvalue weighted by atomic mass is 16.5. The minimum absolute atomic E-state index is 0.00966. The average Bonchev–Trinajstić information content (AvgIpc) is 2.82. The molecule has 0 aliphatic carbocycles. The molecule has 4 nitrogen and oxygen atoms in total. The fraction of sp³-hybridized carbons (Fsp3) is 0.750. The maximum Gasteiger partial charge on any atom is 0.0992 e. The molecule has 0 bridgehead atoms. The summed E-state index contributed by atoms with van der Waals surface area (Å²) in [5, 5.41) is 21.8. The first-order chi connectivity index (χ1) is 15.8. The summed E-state index contributed by atoms with van der Waals surface area (Å²) < 4.78 is 5.75. The summed E-state index contributed by atoms with van der Waals surface area (Å²) in [7, 11) is 0. The van der Waals surface area contributed by atoms with Gasteiger partial charge in [-0.1, -0.05) is 109 Å². The summed E-state index contributed by atoms with van der Waals surface area (Å²) in [5.74, 6) is 0. The number of ether oxygens (including phenoxy) is 1. The summed E-state index contributed by atoms with van der Waals surface area (Å²) in [6, 6.07) is 9.28. The summed E-state index contributed by atoms with van der Waals surface area (Å²) in [4.78, 5) is 0. The van der Waals surface area contributed by atoms with Crippen LogP contribution in [0.15, 0.2) is 24.3 Å². The second kappa shape index (κ2) is 21.3. The zero-order valence-corrected chi connectivity index (χ0v) is 20.6. The summed E-state index contributed by atoms with van der Waals surface area (Å²) in [6.45, 7) is 3.51. The molecule has 4 heteroatoms. The quantitative estimate of drug-likeness (QED) is 0.181. The van der Waals surface area contributed by atoms with Crippen LogP contribution in [0.4, 0.5) is 5.69 Å². The van der Waals surface area contributed by atoms with Crippen molar-refractivity contribution in [3.05, 3.63) is 29.8 Å². The molecule has 1 unspecified atom stereocenters. The molecule has 0 aromatic heterocycles. The monoisotopic (exact) mass is 444 g/mol. The third kappa shape index (κ3) is 16.1. The molecule has 1 atom stereocenters. The van der Waals surface area contributed by atoms with Gasteiger partial charge in [-0.25, -0.2) is 0 Å². The highest BCUT2D eigenvalue weighted by Crippen LogP contribution is 2.14. The lowest BCUT2D eigenvalue weighted by atomic mass is 10.0. The lowest BCUT2D eigenvalue weighted by Crippen LogP contribution is -2.29. The van der Waals surface area contributed by atoms with E-state index < -0.39 is 0 Å². The molecule has 0 aliphatic rings. The van der Waals surface area contributed by atoms with Gasteiger partial charge in [0.1, 0.15) is 0 Å². The van der Waals surface area contributed by atoms with Crippen LogP contribution in [-0.2, 0) is 4.74 Å². The zero-order valence-electron chi connectivity index (χ0n) is 20.6. The Morgan fingerprint density at radius 2 is 1.38 bits per heavy atom. The van der Waals surface area contributed by atoms with Crippen molar-refractivity contribution in [2.24, 2.45) is 0 Å². The number of hydrogen-bond donors (Lipinski definition) is 2.